The van der Waals surface area contributed by atoms with E-state index < -0.39 is 19.9 Å². The van der Waals surface area contributed by atoms with Gasteiger partial charge in [-0.15, -0.1) is 0 Å². The largest absolute Gasteiger partial charge is 0.257 e. The van der Waals surface area contributed by atoms with E-state index in [1.165, 1.54) is 18.4 Å². The van der Waals surface area contributed by atoms with Gasteiger partial charge in [0, 0.05) is 12.7 Å². The lowest BCUT2D eigenvalue weighted by atomic mass is 9.98. The lowest BCUT2D eigenvalue weighted by molar-refractivity contribution is 0.597. The first kappa shape index (κ1) is 21.2. The Labute approximate surface area is 181 Å². The molecular weight excluding hydrogens is 434 g/mol. The van der Waals surface area contributed by atoms with Crippen LogP contribution in [0.2, 0.25) is 0 Å². The number of sulfonamides is 1. The van der Waals surface area contributed by atoms with Crippen molar-refractivity contribution in [3.05, 3.63) is 90.0 Å². The van der Waals surface area contributed by atoms with Crippen LogP contribution in [0, 0.1) is 0 Å². The maximum Gasteiger partial charge on any atom is 0.238 e. The zero-order valence-electron chi connectivity index (χ0n) is 16.7. The molecule has 1 heterocycles. The normalized spacial score (nSPS) is 16.9. The van der Waals surface area contributed by atoms with Gasteiger partial charge >= 0.3 is 0 Å². The van der Waals surface area contributed by atoms with Crippen LogP contribution in [0.15, 0.2) is 93.8 Å². The number of hydrogen-bond acceptors (Lipinski definition) is 6. The van der Waals surface area contributed by atoms with Crippen LogP contribution in [-0.4, -0.2) is 28.8 Å². The van der Waals surface area contributed by atoms with E-state index >= 15 is 0 Å². The van der Waals surface area contributed by atoms with E-state index in [4.69, 9.17) is 10.2 Å². The van der Waals surface area contributed by atoms with Crippen LogP contribution >= 0.6 is 0 Å². The molecule has 0 radical (unpaired) electrons. The predicted molar refractivity (Wildman–Crippen MR) is 120 cm³/mol. The van der Waals surface area contributed by atoms with Gasteiger partial charge in [-0.1, -0.05) is 42.5 Å². The number of hydrazone groups is 1. The van der Waals surface area contributed by atoms with Gasteiger partial charge in [-0.25, -0.2) is 22.0 Å². The van der Waals surface area contributed by atoms with Crippen LogP contribution in [0.3, 0.4) is 0 Å². The van der Waals surface area contributed by atoms with E-state index in [1.807, 2.05) is 35.3 Å². The number of sulfone groups is 1. The van der Waals surface area contributed by atoms with Crippen molar-refractivity contribution in [2.24, 2.45) is 10.2 Å². The molecule has 1 aliphatic heterocycles. The Morgan fingerprint density at radius 2 is 1.42 bits per heavy atom. The molecule has 0 amide bonds. The molecule has 0 saturated carbocycles. The quantitative estimate of drug-likeness (QED) is 0.636. The zero-order valence-corrected chi connectivity index (χ0v) is 18.3. The lowest BCUT2D eigenvalue weighted by Gasteiger charge is -2.24. The Balaban J connectivity index is 1.73. The van der Waals surface area contributed by atoms with Crippen LogP contribution in [0.25, 0.3) is 0 Å². The van der Waals surface area contributed by atoms with Gasteiger partial charge in [0.05, 0.1) is 27.2 Å². The minimum absolute atomic E-state index is 0.0345. The molecule has 9 heteroatoms. The summed E-state index contributed by atoms with van der Waals surface area (Å²) in [5.74, 6) is 0. The van der Waals surface area contributed by atoms with Gasteiger partial charge in [-0.05, 0) is 47.5 Å². The van der Waals surface area contributed by atoms with E-state index in [0.717, 1.165) is 22.5 Å². The van der Waals surface area contributed by atoms with Gasteiger partial charge in [0.15, 0.2) is 9.84 Å². The van der Waals surface area contributed by atoms with Crippen molar-refractivity contribution in [1.82, 2.24) is 0 Å². The van der Waals surface area contributed by atoms with Crippen LogP contribution in [0.1, 0.15) is 23.6 Å². The van der Waals surface area contributed by atoms with Crippen molar-refractivity contribution in [2.45, 2.75) is 22.3 Å². The van der Waals surface area contributed by atoms with E-state index in [9.17, 15) is 16.8 Å². The molecule has 0 aliphatic carbocycles. The topological polar surface area (TPSA) is 110 Å². The molecule has 0 bridgehead atoms. The first-order valence-corrected chi connectivity index (χ1v) is 12.9. The fourth-order valence-corrected chi connectivity index (χ4v) is 4.69. The molecule has 4 rings (SSSR count). The second-order valence-corrected chi connectivity index (χ2v) is 10.9. The fraction of sp³-hybridized carbons (Fsp3) is 0.136. The van der Waals surface area contributed by atoms with Crippen LogP contribution < -0.4 is 10.1 Å². The summed E-state index contributed by atoms with van der Waals surface area (Å²) in [5, 5.41) is 11.8. The molecule has 1 atom stereocenters. The van der Waals surface area contributed by atoms with Crippen molar-refractivity contribution in [3.8, 4) is 0 Å². The minimum Gasteiger partial charge on any atom is -0.257 e. The molecule has 7 nitrogen and oxygen atoms in total. The van der Waals surface area contributed by atoms with Crippen molar-refractivity contribution in [1.29, 1.82) is 0 Å². The van der Waals surface area contributed by atoms with Gasteiger partial charge in [0.1, 0.15) is 0 Å². The number of hydrogen-bond donors (Lipinski definition) is 1. The maximum atomic E-state index is 11.7. The summed E-state index contributed by atoms with van der Waals surface area (Å²) in [7, 11) is -7.06. The molecule has 3 aromatic carbocycles. The third-order valence-corrected chi connectivity index (χ3v) is 7.20. The number of benzene rings is 3. The summed E-state index contributed by atoms with van der Waals surface area (Å²) in [4.78, 5) is 0.289. The predicted octanol–water partition coefficient (Wildman–Crippen LogP) is 3.09. The van der Waals surface area contributed by atoms with Crippen LogP contribution in [0.5, 0.6) is 0 Å². The van der Waals surface area contributed by atoms with Crippen molar-refractivity contribution < 1.29 is 16.8 Å². The van der Waals surface area contributed by atoms with Crippen LogP contribution in [0.4, 0.5) is 5.69 Å². The average molecular weight is 456 g/mol. The molecular formula is C22H21N3O4S2. The highest BCUT2D eigenvalue weighted by Gasteiger charge is 2.30. The first-order chi connectivity index (χ1) is 14.6. The zero-order chi connectivity index (χ0) is 22.2. The first-order valence-electron chi connectivity index (χ1n) is 9.48. The summed E-state index contributed by atoms with van der Waals surface area (Å²) < 4.78 is 46.7. The summed E-state index contributed by atoms with van der Waals surface area (Å²) in [6.45, 7) is 0. The molecule has 31 heavy (non-hydrogen) atoms. The van der Waals surface area contributed by atoms with Gasteiger partial charge in [-0.3, -0.25) is 5.01 Å². The second kappa shape index (κ2) is 7.92. The van der Waals surface area contributed by atoms with Gasteiger partial charge in [0.2, 0.25) is 10.0 Å². The van der Waals surface area contributed by atoms with Crippen molar-refractivity contribution >= 4 is 31.3 Å². The summed E-state index contributed by atoms with van der Waals surface area (Å²) in [5.41, 5.74) is 3.43. The molecule has 0 fully saturated rings. The Morgan fingerprint density at radius 3 is 1.97 bits per heavy atom. The molecule has 1 aliphatic rings. The van der Waals surface area contributed by atoms with E-state index in [0.29, 0.717) is 6.42 Å². The standard InChI is InChI=1S/C22H21N3O4S2/c1-30(26,27)19-11-7-16(8-12-19)21-15-22(17-5-3-2-4-6-17)25(24-21)18-9-13-20(14-10-18)31(23,28)29/h2-14,22H,15H2,1H3,(H2,23,28,29). The molecule has 2 N–H and O–H groups in total. The third kappa shape index (κ3) is 4.53. The summed E-state index contributed by atoms with van der Waals surface area (Å²) in [6, 6.07) is 22.7. The Morgan fingerprint density at radius 1 is 0.839 bits per heavy atom. The Bertz CT molecular complexity index is 1330. The molecule has 0 saturated heterocycles. The van der Waals surface area contributed by atoms with Gasteiger partial charge < -0.3 is 0 Å². The maximum absolute atomic E-state index is 11.7. The highest BCUT2D eigenvalue weighted by atomic mass is 32.2. The molecule has 1 unspecified atom stereocenters. The van der Waals surface area contributed by atoms with E-state index in [1.54, 1.807) is 36.4 Å². The number of anilines is 1. The highest BCUT2D eigenvalue weighted by Crippen LogP contribution is 2.37. The fourth-order valence-electron chi connectivity index (χ4n) is 3.54. The summed E-state index contributed by atoms with van der Waals surface area (Å²) >= 11 is 0. The van der Waals surface area contributed by atoms with Crippen molar-refractivity contribution in [3.63, 3.8) is 0 Å². The number of rotatable bonds is 5. The van der Waals surface area contributed by atoms with Crippen molar-refractivity contribution in [2.75, 3.05) is 11.3 Å². The second-order valence-electron chi connectivity index (χ2n) is 7.36. The van der Waals surface area contributed by atoms with E-state index in [2.05, 4.69) is 0 Å². The number of nitrogens with two attached hydrogens (primary N) is 1. The minimum atomic E-state index is -3.78. The Hall–Kier alpha value is -3.01. The lowest BCUT2D eigenvalue weighted by Crippen LogP contribution is -2.19. The molecule has 0 aromatic heterocycles. The Kier molecular flexibility index (Phi) is 5.42. The number of nitrogens with zero attached hydrogens (tertiary/aromatic N) is 2. The third-order valence-electron chi connectivity index (χ3n) is 5.14. The van der Waals surface area contributed by atoms with Crippen LogP contribution in [-0.2, 0) is 19.9 Å². The smallest absolute Gasteiger partial charge is 0.238 e. The molecule has 0 spiro atoms. The van der Waals surface area contributed by atoms with Gasteiger partial charge in [-0.2, -0.15) is 5.10 Å². The molecule has 3 aromatic rings. The molecule has 160 valence electrons. The van der Waals surface area contributed by atoms with Gasteiger partial charge in [0.25, 0.3) is 0 Å². The average Bonchev–Trinajstić information content (AvgIpc) is 3.19. The SMILES string of the molecule is CS(=O)(=O)c1ccc(C2=NN(c3ccc(S(N)(=O)=O)cc3)C(c3ccccc3)C2)cc1. The monoisotopic (exact) mass is 455 g/mol. The number of primary sulfonamides is 1. The summed E-state index contributed by atoms with van der Waals surface area (Å²) in [6.07, 6.45) is 1.78. The highest BCUT2D eigenvalue weighted by molar-refractivity contribution is 7.90. The van der Waals surface area contributed by atoms with E-state index in [-0.39, 0.29) is 15.8 Å².